The number of aliphatic hydroxyl groups excluding tert-OH is 1. The van der Waals surface area contributed by atoms with Crippen molar-refractivity contribution in [1.29, 1.82) is 5.26 Å². The normalized spacial score (nSPS) is 13.6. The minimum atomic E-state index is -0.563. The summed E-state index contributed by atoms with van der Waals surface area (Å²) < 4.78 is 5.18. The first-order valence-corrected chi connectivity index (χ1v) is 7.02. The predicted molar refractivity (Wildman–Crippen MR) is 80.8 cm³/mol. The highest BCUT2D eigenvalue weighted by molar-refractivity contribution is 5.59. The van der Waals surface area contributed by atoms with Gasteiger partial charge in [0.1, 0.15) is 0 Å². The molecule has 1 aromatic rings. The first-order valence-electron chi connectivity index (χ1n) is 7.02. The molecule has 0 amide bonds. The van der Waals surface area contributed by atoms with Gasteiger partial charge >= 0.3 is 0 Å². The van der Waals surface area contributed by atoms with Gasteiger partial charge in [-0.25, -0.2) is 0 Å². The standard InChI is InChI=1S/C16H24N2O2/c1-5-12(2)18(8-9-20-4)16-10-14(11-17)6-7-15(16)13(3)19/h6-7,10,12-13,19H,5,8-9H2,1-4H3. The molecule has 2 atom stereocenters. The van der Waals surface area contributed by atoms with E-state index in [0.717, 1.165) is 24.2 Å². The van der Waals surface area contributed by atoms with E-state index in [4.69, 9.17) is 10.00 Å². The number of ether oxygens (including phenoxy) is 1. The number of benzene rings is 1. The van der Waals surface area contributed by atoms with E-state index in [1.165, 1.54) is 0 Å². The smallest absolute Gasteiger partial charge is 0.0992 e. The Morgan fingerprint density at radius 1 is 1.40 bits per heavy atom. The predicted octanol–water partition coefficient (Wildman–Crippen LogP) is 2.86. The van der Waals surface area contributed by atoms with Crippen LogP contribution in [0, 0.1) is 11.3 Å². The zero-order valence-corrected chi connectivity index (χ0v) is 12.8. The minimum absolute atomic E-state index is 0.316. The van der Waals surface area contributed by atoms with Crippen molar-refractivity contribution >= 4 is 5.69 Å². The third kappa shape index (κ3) is 3.96. The fourth-order valence-corrected chi connectivity index (χ4v) is 2.20. The molecule has 110 valence electrons. The second kappa shape index (κ2) is 7.88. The van der Waals surface area contributed by atoms with E-state index in [9.17, 15) is 5.11 Å². The van der Waals surface area contributed by atoms with E-state index in [1.54, 1.807) is 20.1 Å². The van der Waals surface area contributed by atoms with Crippen molar-refractivity contribution in [3.8, 4) is 6.07 Å². The fourth-order valence-electron chi connectivity index (χ4n) is 2.20. The quantitative estimate of drug-likeness (QED) is 0.832. The van der Waals surface area contributed by atoms with Gasteiger partial charge in [-0.15, -0.1) is 0 Å². The van der Waals surface area contributed by atoms with Crippen LogP contribution in [-0.4, -0.2) is 31.4 Å². The summed E-state index contributed by atoms with van der Waals surface area (Å²) in [5.41, 5.74) is 2.38. The molecule has 4 nitrogen and oxygen atoms in total. The van der Waals surface area contributed by atoms with Crippen molar-refractivity contribution in [1.82, 2.24) is 0 Å². The molecule has 0 aliphatic carbocycles. The Morgan fingerprint density at radius 3 is 2.60 bits per heavy atom. The number of rotatable bonds is 7. The summed E-state index contributed by atoms with van der Waals surface area (Å²) in [5, 5.41) is 19.0. The van der Waals surface area contributed by atoms with E-state index < -0.39 is 6.10 Å². The maximum atomic E-state index is 9.96. The lowest BCUT2D eigenvalue weighted by Crippen LogP contribution is -2.36. The molecular formula is C16H24N2O2. The summed E-state index contributed by atoms with van der Waals surface area (Å²) in [6.07, 6.45) is 0.423. The molecule has 0 bridgehead atoms. The van der Waals surface area contributed by atoms with Crippen LogP contribution in [-0.2, 0) is 4.74 Å². The van der Waals surface area contributed by atoms with Crippen molar-refractivity contribution in [3.63, 3.8) is 0 Å². The van der Waals surface area contributed by atoms with Gasteiger partial charge in [-0.05, 0) is 32.4 Å². The number of hydrogen-bond donors (Lipinski definition) is 1. The first-order chi connectivity index (χ1) is 9.54. The van der Waals surface area contributed by atoms with Crippen LogP contribution in [0.15, 0.2) is 18.2 Å². The molecule has 1 rings (SSSR count). The number of nitrogens with zero attached hydrogens (tertiary/aromatic N) is 2. The third-order valence-electron chi connectivity index (χ3n) is 3.58. The van der Waals surface area contributed by atoms with E-state index in [0.29, 0.717) is 18.2 Å². The molecule has 20 heavy (non-hydrogen) atoms. The Bertz CT molecular complexity index is 466. The third-order valence-corrected chi connectivity index (χ3v) is 3.58. The van der Waals surface area contributed by atoms with Crippen LogP contribution < -0.4 is 4.90 Å². The SMILES string of the molecule is CCC(C)N(CCOC)c1cc(C#N)ccc1C(C)O. The average Bonchev–Trinajstić information content (AvgIpc) is 2.46. The molecule has 0 saturated heterocycles. The van der Waals surface area contributed by atoms with Crippen molar-refractivity contribution in [2.75, 3.05) is 25.2 Å². The lowest BCUT2D eigenvalue weighted by Gasteiger charge is -2.33. The van der Waals surface area contributed by atoms with Gasteiger partial charge in [-0.2, -0.15) is 5.26 Å². The van der Waals surface area contributed by atoms with Crippen LogP contribution in [0.3, 0.4) is 0 Å². The van der Waals surface area contributed by atoms with Gasteiger partial charge in [0, 0.05) is 30.9 Å². The summed E-state index contributed by atoms with van der Waals surface area (Å²) in [6.45, 7) is 7.36. The van der Waals surface area contributed by atoms with Crippen LogP contribution in [0.25, 0.3) is 0 Å². The second-order valence-electron chi connectivity index (χ2n) is 5.00. The average molecular weight is 276 g/mol. The molecule has 1 N–H and O–H groups in total. The summed E-state index contributed by atoms with van der Waals surface area (Å²) in [4.78, 5) is 2.20. The summed E-state index contributed by atoms with van der Waals surface area (Å²) in [6, 6.07) is 7.91. The first kappa shape index (κ1) is 16.5. The van der Waals surface area contributed by atoms with Crippen molar-refractivity contribution < 1.29 is 9.84 Å². The molecule has 4 heteroatoms. The van der Waals surface area contributed by atoms with E-state index >= 15 is 0 Å². The molecule has 0 aromatic heterocycles. The summed E-state index contributed by atoms with van der Waals surface area (Å²) in [5.74, 6) is 0. The van der Waals surface area contributed by atoms with Gasteiger partial charge in [0.15, 0.2) is 0 Å². The molecule has 0 radical (unpaired) electrons. The minimum Gasteiger partial charge on any atom is -0.389 e. The van der Waals surface area contributed by atoms with Crippen LogP contribution >= 0.6 is 0 Å². The maximum Gasteiger partial charge on any atom is 0.0992 e. The number of nitriles is 1. The van der Waals surface area contributed by atoms with Crippen molar-refractivity contribution in [2.45, 2.75) is 39.3 Å². The summed E-state index contributed by atoms with van der Waals surface area (Å²) >= 11 is 0. The Balaban J connectivity index is 3.24. The molecule has 0 spiro atoms. The largest absolute Gasteiger partial charge is 0.389 e. The molecule has 2 unspecified atom stereocenters. The van der Waals surface area contributed by atoms with Gasteiger partial charge in [-0.1, -0.05) is 13.0 Å². The monoisotopic (exact) mass is 276 g/mol. The number of aliphatic hydroxyl groups is 1. The molecule has 0 saturated carbocycles. The van der Waals surface area contributed by atoms with Gasteiger partial charge in [-0.3, -0.25) is 0 Å². The van der Waals surface area contributed by atoms with Crippen molar-refractivity contribution in [3.05, 3.63) is 29.3 Å². The van der Waals surface area contributed by atoms with Crippen LogP contribution in [0.1, 0.15) is 44.4 Å². The molecule has 0 aliphatic heterocycles. The Hall–Kier alpha value is -1.57. The van der Waals surface area contributed by atoms with Crippen LogP contribution in [0.2, 0.25) is 0 Å². The van der Waals surface area contributed by atoms with E-state index in [2.05, 4.69) is 24.8 Å². The van der Waals surface area contributed by atoms with Crippen LogP contribution in [0.5, 0.6) is 0 Å². The highest BCUT2D eigenvalue weighted by atomic mass is 16.5. The number of anilines is 1. The van der Waals surface area contributed by atoms with Gasteiger partial charge < -0.3 is 14.7 Å². The topological polar surface area (TPSA) is 56.5 Å². The Morgan fingerprint density at radius 2 is 2.10 bits per heavy atom. The second-order valence-corrected chi connectivity index (χ2v) is 5.00. The summed E-state index contributed by atoms with van der Waals surface area (Å²) in [7, 11) is 1.68. The van der Waals surface area contributed by atoms with Gasteiger partial charge in [0.05, 0.1) is 24.3 Å². The van der Waals surface area contributed by atoms with Gasteiger partial charge in [0.25, 0.3) is 0 Å². The van der Waals surface area contributed by atoms with Crippen molar-refractivity contribution in [2.24, 2.45) is 0 Å². The number of hydrogen-bond acceptors (Lipinski definition) is 4. The molecule has 0 fully saturated rings. The Kier molecular flexibility index (Phi) is 6.50. The molecular weight excluding hydrogens is 252 g/mol. The maximum absolute atomic E-state index is 9.96. The highest BCUT2D eigenvalue weighted by Gasteiger charge is 2.19. The zero-order chi connectivity index (χ0) is 15.1. The molecule has 0 aliphatic rings. The van der Waals surface area contributed by atoms with E-state index in [-0.39, 0.29) is 0 Å². The fraction of sp³-hybridized carbons (Fsp3) is 0.562. The molecule has 1 aromatic carbocycles. The zero-order valence-electron chi connectivity index (χ0n) is 12.8. The van der Waals surface area contributed by atoms with Crippen LogP contribution in [0.4, 0.5) is 5.69 Å². The van der Waals surface area contributed by atoms with Gasteiger partial charge in [0.2, 0.25) is 0 Å². The highest BCUT2D eigenvalue weighted by Crippen LogP contribution is 2.29. The lowest BCUT2D eigenvalue weighted by atomic mass is 10.0. The number of methoxy groups -OCH3 is 1. The molecule has 0 heterocycles. The van der Waals surface area contributed by atoms with E-state index in [1.807, 2.05) is 12.1 Å². The Labute approximate surface area is 121 Å². The lowest BCUT2D eigenvalue weighted by molar-refractivity contribution is 0.196.